The van der Waals surface area contributed by atoms with Crippen molar-refractivity contribution in [3.8, 4) is 0 Å². The summed E-state index contributed by atoms with van der Waals surface area (Å²) in [5.74, 6) is 0.157. The third kappa shape index (κ3) is 4.19. The van der Waals surface area contributed by atoms with Crippen LogP contribution in [-0.2, 0) is 9.53 Å². The first-order chi connectivity index (χ1) is 12.6. The maximum Gasteiger partial charge on any atom is 0.255 e. The van der Waals surface area contributed by atoms with E-state index in [1.54, 1.807) is 19.2 Å². The molecule has 3 rings (SSSR count). The molecule has 0 N–H and O–H groups in total. The number of hydrogen-bond donors (Lipinski definition) is 0. The van der Waals surface area contributed by atoms with Gasteiger partial charge in [-0.1, -0.05) is 23.7 Å². The number of ether oxygens (including phenoxy) is 1. The van der Waals surface area contributed by atoms with Crippen LogP contribution in [0.5, 0.6) is 0 Å². The molecule has 6 nitrogen and oxygen atoms in total. The van der Waals surface area contributed by atoms with Crippen molar-refractivity contribution in [2.24, 2.45) is 0 Å². The molecule has 2 aliphatic rings. The predicted molar refractivity (Wildman–Crippen MR) is 100 cm³/mol. The molecule has 2 aliphatic heterocycles. The van der Waals surface area contributed by atoms with E-state index in [1.165, 1.54) is 0 Å². The average Bonchev–Trinajstić information content (AvgIpc) is 2.85. The Bertz CT molecular complexity index is 655. The van der Waals surface area contributed by atoms with Crippen LogP contribution in [0, 0.1) is 0 Å². The van der Waals surface area contributed by atoms with E-state index in [-0.39, 0.29) is 17.9 Å². The summed E-state index contributed by atoms with van der Waals surface area (Å²) in [6, 6.07) is 7.09. The van der Waals surface area contributed by atoms with Gasteiger partial charge in [0.1, 0.15) is 0 Å². The summed E-state index contributed by atoms with van der Waals surface area (Å²) in [5.41, 5.74) is 0.547. The fourth-order valence-corrected chi connectivity index (χ4v) is 3.96. The fraction of sp³-hybridized carbons (Fsp3) is 0.579. The van der Waals surface area contributed by atoms with E-state index in [4.69, 9.17) is 16.3 Å². The second-order valence-corrected chi connectivity index (χ2v) is 7.19. The molecule has 7 heteroatoms. The molecule has 142 valence electrons. The Kier molecular flexibility index (Phi) is 6.51. The van der Waals surface area contributed by atoms with E-state index in [1.807, 2.05) is 21.9 Å². The Balaban J connectivity index is 1.59. The van der Waals surface area contributed by atoms with Crippen LogP contribution in [0.15, 0.2) is 24.3 Å². The van der Waals surface area contributed by atoms with E-state index in [0.29, 0.717) is 43.4 Å². The molecule has 2 amide bonds. The van der Waals surface area contributed by atoms with Crippen LogP contribution < -0.4 is 0 Å². The Morgan fingerprint density at radius 1 is 1.19 bits per heavy atom. The van der Waals surface area contributed by atoms with Crippen LogP contribution in [0.1, 0.15) is 23.2 Å². The number of carbonyl (C=O) groups is 2. The van der Waals surface area contributed by atoms with Gasteiger partial charge in [-0.3, -0.25) is 14.5 Å². The fourth-order valence-electron chi connectivity index (χ4n) is 3.74. The third-order valence-corrected chi connectivity index (χ3v) is 5.53. The maximum atomic E-state index is 12.8. The number of likely N-dealkylation sites (tertiary alicyclic amines) is 1. The van der Waals surface area contributed by atoms with Crippen LogP contribution in [0.2, 0.25) is 5.02 Å². The third-order valence-electron chi connectivity index (χ3n) is 5.20. The highest BCUT2D eigenvalue weighted by molar-refractivity contribution is 6.33. The Morgan fingerprint density at radius 3 is 2.77 bits per heavy atom. The van der Waals surface area contributed by atoms with E-state index in [9.17, 15) is 9.59 Å². The Hall–Kier alpha value is -1.63. The maximum absolute atomic E-state index is 12.8. The lowest BCUT2D eigenvalue weighted by Crippen LogP contribution is -2.44. The topological polar surface area (TPSA) is 53.1 Å². The number of rotatable bonds is 5. The molecule has 0 saturated carbocycles. The molecule has 2 heterocycles. The number of nitrogens with zero attached hydrogens (tertiary/aromatic N) is 3. The smallest absolute Gasteiger partial charge is 0.255 e. The number of halogens is 1. The van der Waals surface area contributed by atoms with Gasteiger partial charge in [-0.25, -0.2) is 0 Å². The van der Waals surface area contributed by atoms with E-state index >= 15 is 0 Å². The molecule has 1 atom stereocenters. The first-order valence-corrected chi connectivity index (χ1v) is 9.55. The molecule has 1 aromatic rings. The van der Waals surface area contributed by atoms with Gasteiger partial charge in [0, 0.05) is 46.4 Å². The first-order valence-electron chi connectivity index (χ1n) is 9.17. The molecule has 1 aromatic carbocycles. The lowest BCUT2D eigenvalue weighted by Gasteiger charge is -2.26. The zero-order valence-corrected chi connectivity index (χ0v) is 16.0. The number of hydrogen-bond acceptors (Lipinski definition) is 4. The van der Waals surface area contributed by atoms with E-state index in [2.05, 4.69) is 4.90 Å². The summed E-state index contributed by atoms with van der Waals surface area (Å²) < 4.78 is 5.08. The van der Waals surface area contributed by atoms with E-state index in [0.717, 1.165) is 25.9 Å². The summed E-state index contributed by atoms with van der Waals surface area (Å²) in [7, 11) is 1.65. The van der Waals surface area contributed by atoms with Crippen molar-refractivity contribution >= 4 is 23.4 Å². The largest absolute Gasteiger partial charge is 0.383 e. The molecule has 0 radical (unpaired) electrons. The van der Waals surface area contributed by atoms with Gasteiger partial charge in [0.05, 0.1) is 23.2 Å². The van der Waals surface area contributed by atoms with Crippen molar-refractivity contribution in [1.29, 1.82) is 0 Å². The summed E-state index contributed by atoms with van der Waals surface area (Å²) in [4.78, 5) is 31.4. The van der Waals surface area contributed by atoms with Crippen LogP contribution >= 0.6 is 11.6 Å². The lowest BCUT2D eigenvalue weighted by atomic mass is 10.2. The number of benzene rings is 1. The van der Waals surface area contributed by atoms with Gasteiger partial charge in [-0.2, -0.15) is 0 Å². The lowest BCUT2D eigenvalue weighted by molar-refractivity contribution is -0.132. The quantitative estimate of drug-likeness (QED) is 0.782. The van der Waals surface area contributed by atoms with Crippen molar-refractivity contribution in [3.05, 3.63) is 34.9 Å². The molecule has 0 spiro atoms. The van der Waals surface area contributed by atoms with Gasteiger partial charge >= 0.3 is 0 Å². The van der Waals surface area contributed by atoms with Gasteiger partial charge in [-0.15, -0.1) is 0 Å². The minimum absolute atomic E-state index is 0.0306. The van der Waals surface area contributed by atoms with Gasteiger partial charge in [-0.05, 0) is 25.0 Å². The zero-order chi connectivity index (χ0) is 18.5. The van der Waals surface area contributed by atoms with E-state index < -0.39 is 0 Å². The zero-order valence-electron chi connectivity index (χ0n) is 15.2. The van der Waals surface area contributed by atoms with Crippen molar-refractivity contribution in [3.63, 3.8) is 0 Å². The normalized spacial score (nSPS) is 21.9. The van der Waals surface area contributed by atoms with Crippen LogP contribution in [0.3, 0.4) is 0 Å². The van der Waals surface area contributed by atoms with Crippen LogP contribution in [-0.4, -0.2) is 85.5 Å². The van der Waals surface area contributed by atoms with Gasteiger partial charge in [0.15, 0.2) is 0 Å². The first kappa shape index (κ1) is 19.1. The SMILES string of the molecule is COCCN1CC[C@H](N2CCCN(C(=O)c3ccccc3Cl)CC2)C1=O. The number of carbonyl (C=O) groups excluding carboxylic acids is 2. The summed E-state index contributed by atoms with van der Waals surface area (Å²) in [6.45, 7) is 4.85. The van der Waals surface area contributed by atoms with Crippen molar-refractivity contribution in [2.75, 3.05) is 53.0 Å². The number of methoxy groups -OCH3 is 1. The molecule has 0 bridgehead atoms. The average molecular weight is 380 g/mol. The molecular weight excluding hydrogens is 354 g/mol. The molecule has 0 unspecified atom stereocenters. The van der Waals surface area contributed by atoms with Crippen LogP contribution in [0.4, 0.5) is 0 Å². The van der Waals surface area contributed by atoms with Crippen molar-refractivity contribution in [2.45, 2.75) is 18.9 Å². The molecule has 0 aliphatic carbocycles. The molecule has 0 aromatic heterocycles. The predicted octanol–water partition coefficient (Wildman–Crippen LogP) is 1.74. The summed E-state index contributed by atoms with van der Waals surface area (Å²) in [5, 5.41) is 0.485. The van der Waals surface area contributed by atoms with Crippen molar-refractivity contribution in [1.82, 2.24) is 14.7 Å². The van der Waals surface area contributed by atoms with Crippen molar-refractivity contribution < 1.29 is 14.3 Å². The second-order valence-electron chi connectivity index (χ2n) is 6.78. The Labute approximate surface area is 159 Å². The van der Waals surface area contributed by atoms with Crippen LogP contribution in [0.25, 0.3) is 0 Å². The minimum Gasteiger partial charge on any atom is -0.383 e. The molecule has 2 saturated heterocycles. The minimum atomic E-state index is -0.0674. The standard InChI is InChI=1S/C19H26ClN3O3/c1-26-14-13-23-10-7-17(19(23)25)21-8-4-9-22(12-11-21)18(24)15-5-2-3-6-16(15)20/h2-3,5-6,17H,4,7-14H2,1H3/t17-/m0/s1. The summed E-state index contributed by atoms with van der Waals surface area (Å²) in [6.07, 6.45) is 1.71. The molecule has 2 fully saturated rings. The molecule has 26 heavy (non-hydrogen) atoms. The molecular formula is C19H26ClN3O3. The van der Waals surface area contributed by atoms with Gasteiger partial charge in [0.25, 0.3) is 5.91 Å². The second kappa shape index (κ2) is 8.84. The highest BCUT2D eigenvalue weighted by Gasteiger charge is 2.36. The monoisotopic (exact) mass is 379 g/mol. The van der Waals surface area contributed by atoms with Gasteiger partial charge in [0.2, 0.25) is 5.91 Å². The Morgan fingerprint density at radius 2 is 2.00 bits per heavy atom. The highest BCUT2D eigenvalue weighted by Crippen LogP contribution is 2.21. The summed E-state index contributed by atoms with van der Waals surface area (Å²) >= 11 is 6.17. The highest BCUT2D eigenvalue weighted by atomic mass is 35.5. The number of amides is 2. The van der Waals surface area contributed by atoms with Gasteiger partial charge < -0.3 is 14.5 Å².